The lowest BCUT2D eigenvalue weighted by molar-refractivity contribution is 0.197. The first-order valence-corrected chi connectivity index (χ1v) is 7.72. The van der Waals surface area contributed by atoms with Gasteiger partial charge in [-0.3, -0.25) is 0 Å². The van der Waals surface area contributed by atoms with Crippen LogP contribution in [-0.4, -0.2) is 26.8 Å². The van der Waals surface area contributed by atoms with E-state index in [1.807, 2.05) is 6.07 Å². The second-order valence-electron chi connectivity index (χ2n) is 5.35. The molecule has 18 heavy (non-hydrogen) atoms. The van der Waals surface area contributed by atoms with Crippen molar-refractivity contribution in [1.29, 1.82) is 0 Å². The molecule has 104 valence electrons. The van der Waals surface area contributed by atoms with Crippen LogP contribution in [0.5, 0.6) is 0 Å². The molecule has 0 bridgehead atoms. The van der Waals surface area contributed by atoms with Crippen LogP contribution in [0.4, 0.5) is 0 Å². The number of nitrogens with one attached hydrogen (secondary N) is 1. The Hall–Kier alpha value is -0.0900. The number of halogens is 1. The third-order valence-corrected chi connectivity index (χ3v) is 4.63. The highest BCUT2D eigenvalue weighted by Crippen LogP contribution is 2.30. The Morgan fingerprint density at radius 3 is 2.72 bits per heavy atom. The van der Waals surface area contributed by atoms with Gasteiger partial charge in [-0.1, -0.05) is 25.4 Å². The maximum absolute atomic E-state index is 6.11. The van der Waals surface area contributed by atoms with E-state index in [1.165, 1.54) is 17.7 Å². The fourth-order valence-electron chi connectivity index (χ4n) is 1.81. The molecule has 0 atom stereocenters. The van der Waals surface area contributed by atoms with Crippen molar-refractivity contribution in [2.75, 3.05) is 26.8 Å². The van der Waals surface area contributed by atoms with Crippen LogP contribution in [0, 0.1) is 5.41 Å². The third kappa shape index (κ3) is 6.19. The van der Waals surface area contributed by atoms with Crippen LogP contribution in [0.1, 0.15) is 31.6 Å². The molecule has 1 N–H and O–H groups in total. The average molecular weight is 290 g/mol. The maximum Gasteiger partial charge on any atom is 0.0587 e. The van der Waals surface area contributed by atoms with Crippen LogP contribution in [0.3, 0.4) is 0 Å². The van der Waals surface area contributed by atoms with Gasteiger partial charge in [0.05, 0.1) is 11.6 Å². The summed E-state index contributed by atoms with van der Waals surface area (Å²) in [6.45, 7) is 7.42. The molecule has 0 saturated carbocycles. The van der Waals surface area contributed by atoms with Crippen LogP contribution < -0.4 is 5.32 Å². The van der Waals surface area contributed by atoms with Crippen molar-refractivity contribution in [2.24, 2.45) is 5.41 Å². The third-order valence-electron chi connectivity index (χ3n) is 3.18. The summed E-state index contributed by atoms with van der Waals surface area (Å²) in [6.07, 6.45) is 3.44. The summed E-state index contributed by atoms with van der Waals surface area (Å²) in [6, 6.07) is 1.99. The van der Waals surface area contributed by atoms with Crippen molar-refractivity contribution < 1.29 is 4.74 Å². The zero-order valence-corrected chi connectivity index (χ0v) is 13.2. The highest BCUT2D eigenvalue weighted by atomic mass is 35.5. The number of methoxy groups -OCH3 is 1. The quantitative estimate of drug-likeness (QED) is 0.694. The summed E-state index contributed by atoms with van der Waals surface area (Å²) in [7, 11) is 1.73. The van der Waals surface area contributed by atoms with Crippen molar-refractivity contribution in [3.05, 3.63) is 21.3 Å². The van der Waals surface area contributed by atoms with Crippen LogP contribution in [0.25, 0.3) is 0 Å². The molecule has 0 fully saturated rings. The predicted octanol–water partition coefficient (Wildman–Crippen LogP) is 3.99. The largest absolute Gasteiger partial charge is 0.383 e. The maximum atomic E-state index is 6.11. The summed E-state index contributed by atoms with van der Waals surface area (Å²) in [5.74, 6) is 0. The van der Waals surface area contributed by atoms with Gasteiger partial charge in [0.15, 0.2) is 0 Å². The Labute approximate surface area is 120 Å². The van der Waals surface area contributed by atoms with Gasteiger partial charge in [0.1, 0.15) is 0 Å². The number of thiophene rings is 1. The molecule has 1 heterocycles. The summed E-state index contributed by atoms with van der Waals surface area (Å²) in [5.41, 5.74) is 0.355. The highest BCUT2D eigenvalue weighted by Gasteiger charge is 2.18. The molecule has 0 spiro atoms. The first-order chi connectivity index (χ1) is 8.55. The Bertz CT molecular complexity index is 338. The van der Waals surface area contributed by atoms with Gasteiger partial charge < -0.3 is 10.1 Å². The summed E-state index contributed by atoms with van der Waals surface area (Å²) in [4.78, 5) is 1.32. The standard InChI is InChI=1S/C14H24ClNOS/c1-14(2,7-8-16-9-10-17-3)6-4-13-12(15)5-11-18-13/h5,11,16H,4,6-10H2,1-3H3. The molecule has 1 aromatic heterocycles. The van der Waals surface area contributed by atoms with E-state index in [0.717, 1.165) is 31.1 Å². The van der Waals surface area contributed by atoms with Crippen molar-refractivity contribution in [3.63, 3.8) is 0 Å². The summed E-state index contributed by atoms with van der Waals surface area (Å²) < 4.78 is 5.01. The summed E-state index contributed by atoms with van der Waals surface area (Å²) in [5, 5.41) is 6.39. The van der Waals surface area contributed by atoms with Gasteiger partial charge in [-0.25, -0.2) is 0 Å². The van der Waals surface area contributed by atoms with Gasteiger partial charge in [0, 0.05) is 18.5 Å². The van der Waals surface area contributed by atoms with E-state index in [-0.39, 0.29) is 0 Å². The van der Waals surface area contributed by atoms with E-state index < -0.39 is 0 Å². The molecule has 2 nitrogen and oxygen atoms in total. The minimum Gasteiger partial charge on any atom is -0.383 e. The second kappa shape index (κ2) is 8.16. The van der Waals surface area contributed by atoms with E-state index >= 15 is 0 Å². The van der Waals surface area contributed by atoms with Crippen molar-refractivity contribution >= 4 is 22.9 Å². The van der Waals surface area contributed by atoms with Crippen molar-refractivity contribution in [3.8, 4) is 0 Å². The molecule has 0 amide bonds. The molecular weight excluding hydrogens is 266 g/mol. The molecule has 0 aliphatic heterocycles. The Balaban J connectivity index is 2.21. The summed E-state index contributed by atoms with van der Waals surface area (Å²) >= 11 is 7.88. The van der Waals surface area contributed by atoms with E-state index in [4.69, 9.17) is 16.3 Å². The van der Waals surface area contributed by atoms with Gasteiger partial charge in [0.25, 0.3) is 0 Å². The fraction of sp³-hybridized carbons (Fsp3) is 0.714. The Morgan fingerprint density at radius 1 is 1.33 bits per heavy atom. The number of hydrogen-bond donors (Lipinski definition) is 1. The van der Waals surface area contributed by atoms with Crippen molar-refractivity contribution in [1.82, 2.24) is 5.32 Å². The second-order valence-corrected chi connectivity index (χ2v) is 6.76. The molecule has 4 heteroatoms. The monoisotopic (exact) mass is 289 g/mol. The lowest BCUT2D eigenvalue weighted by Gasteiger charge is -2.24. The number of ether oxygens (including phenoxy) is 1. The topological polar surface area (TPSA) is 21.3 Å². The lowest BCUT2D eigenvalue weighted by atomic mass is 9.84. The van der Waals surface area contributed by atoms with E-state index in [1.54, 1.807) is 18.4 Å². The predicted molar refractivity (Wildman–Crippen MR) is 80.8 cm³/mol. The zero-order chi connectivity index (χ0) is 13.4. The number of aryl methyl sites for hydroxylation is 1. The smallest absolute Gasteiger partial charge is 0.0587 e. The first kappa shape index (κ1) is 16.0. The molecular formula is C14H24ClNOS. The van der Waals surface area contributed by atoms with Crippen molar-refractivity contribution in [2.45, 2.75) is 33.1 Å². The van der Waals surface area contributed by atoms with E-state index in [0.29, 0.717) is 5.41 Å². The van der Waals surface area contributed by atoms with Crippen LogP contribution in [-0.2, 0) is 11.2 Å². The molecule has 0 aliphatic rings. The minimum absolute atomic E-state index is 0.355. The van der Waals surface area contributed by atoms with Gasteiger partial charge in [-0.05, 0) is 42.7 Å². The molecule has 1 aromatic rings. The first-order valence-electron chi connectivity index (χ1n) is 6.47. The van der Waals surface area contributed by atoms with E-state index in [9.17, 15) is 0 Å². The van der Waals surface area contributed by atoms with Gasteiger partial charge in [-0.2, -0.15) is 0 Å². The van der Waals surface area contributed by atoms with E-state index in [2.05, 4.69) is 24.5 Å². The van der Waals surface area contributed by atoms with Crippen LogP contribution >= 0.6 is 22.9 Å². The Morgan fingerprint density at radius 2 is 2.11 bits per heavy atom. The lowest BCUT2D eigenvalue weighted by Crippen LogP contribution is -2.25. The van der Waals surface area contributed by atoms with Gasteiger partial charge in [-0.15, -0.1) is 11.3 Å². The average Bonchev–Trinajstić information content (AvgIpc) is 2.72. The number of rotatable bonds is 9. The molecule has 0 radical (unpaired) electrons. The number of hydrogen-bond acceptors (Lipinski definition) is 3. The Kier molecular flexibility index (Phi) is 7.23. The molecule has 0 aliphatic carbocycles. The molecule has 0 unspecified atom stereocenters. The molecule has 0 aromatic carbocycles. The molecule has 1 rings (SSSR count). The van der Waals surface area contributed by atoms with Crippen LogP contribution in [0.15, 0.2) is 11.4 Å². The minimum atomic E-state index is 0.355. The fourth-order valence-corrected chi connectivity index (χ4v) is 2.94. The van der Waals surface area contributed by atoms with Gasteiger partial charge in [0.2, 0.25) is 0 Å². The zero-order valence-electron chi connectivity index (χ0n) is 11.6. The van der Waals surface area contributed by atoms with Crippen LogP contribution in [0.2, 0.25) is 5.02 Å². The SMILES string of the molecule is COCCNCCC(C)(C)CCc1sccc1Cl. The van der Waals surface area contributed by atoms with Gasteiger partial charge >= 0.3 is 0 Å². The highest BCUT2D eigenvalue weighted by molar-refractivity contribution is 7.10. The molecule has 0 saturated heterocycles. The normalized spacial score (nSPS) is 12.0.